The summed E-state index contributed by atoms with van der Waals surface area (Å²) in [6.45, 7) is 6.90. The van der Waals surface area contributed by atoms with Gasteiger partial charge in [0.2, 0.25) is 0 Å². The number of ether oxygens (including phenoxy) is 1. The molecule has 1 heterocycles. The first-order valence-corrected chi connectivity index (χ1v) is 8.65. The lowest BCUT2D eigenvalue weighted by molar-refractivity contribution is 0.332. The maximum absolute atomic E-state index is 5.56. The molecule has 0 amide bonds. The lowest BCUT2D eigenvalue weighted by atomic mass is 9.77. The molecule has 1 aromatic heterocycles. The van der Waals surface area contributed by atoms with Gasteiger partial charge in [0.15, 0.2) is 5.75 Å². The zero-order valence-corrected chi connectivity index (χ0v) is 14.7. The van der Waals surface area contributed by atoms with Crippen LogP contribution in [0.5, 0.6) is 5.75 Å². The maximum atomic E-state index is 5.56. The van der Waals surface area contributed by atoms with Gasteiger partial charge in [-0.05, 0) is 12.8 Å². The van der Waals surface area contributed by atoms with Gasteiger partial charge in [-0.3, -0.25) is 4.68 Å². The fourth-order valence-electron chi connectivity index (χ4n) is 3.10. The highest BCUT2D eigenvalue weighted by molar-refractivity contribution is 5.31. The molecule has 0 aliphatic heterocycles. The second kappa shape index (κ2) is 9.11. The van der Waals surface area contributed by atoms with E-state index in [2.05, 4.69) is 20.8 Å². The molecule has 0 fully saturated rings. The Morgan fingerprint density at radius 3 is 2.19 bits per heavy atom. The number of nitrogens with zero attached hydrogens (tertiary/aromatic N) is 2. The molecular formula is C18H34N2O. The van der Waals surface area contributed by atoms with E-state index in [1.54, 1.807) is 7.11 Å². The van der Waals surface area contributed by atoms with Crippen LogP contribution in [0.1, 0.15) is 84.3 Å². The van der Waals surface area contributed by atoms with Crippen molar-refractivity contribution in [2.75, 3.05) is 7.11 Å². The standard InChI is InChI=1S/C18H34N2O/c1-6-8-10-12-14-18(3,13-11-9-7-2)17-16(21-5)15-20(4)19-17/h15H,6-14H2,1-5H3. The third-order valence-corrected chi connectivity index (χ3v) is 4.50. The summed E-state index contributed by atoms with van der Waals surface area (Å²) in [5.41, 5.74) is 1.30. The summed E-state index contributed by atoms with van der Waals surface area (Å²) < 4.78 is 7.45. The van der Waals surface area contributed by atoms with Crippen LogP contribution in [-0.2, 0) is 12.5 Å². The fourth-order valence-corrected chi connectivity index (χ4v) is 3.10. The zero-order chi connectivity index (χ0) is 15.7. The summed E-state index contributed by atoms with van der Waals surface area (Å²) >= 11 is 0. The average molecular weight is 294 g/mol. The van der Waals surface area contributed by atoms with Crippen molar-refractivity contribution in [1.29, 1.82) is 0 Å². The lowest BCUT2D eigenvalue weighted by Crippen LogP contribution is -2.24. The van der Waals surface area contributed by atoms with Crippen LogP contribution in [0.4, 0.5) is 0 Å². The van der Waals surface area contributed by atoms with Gasteiger partial charge in [-0.25, -0.2) is 0 Å². The first-order chi connectivity index (χ1) is 10.1. The van der Waals surface area contributed by atoms with Gasteiger partial charge in [0, 0.05) is 12.5 Å². The van der Waals surface area contributed by atoms with Crippen LogP contribution in [0.25, 0.3) is 0 Å². The Hall–Kier alpha value is -0.990. The van der Waals surface area contributed by atoms with Crippen LogP contribution < -0.4 is 4.74 Å². The molecule has 122 valence electrons. The molecule has 0 aliphatic rings. The largest absolute Gasteiger partial charge is 0.493 e. The van der Waals surface area contributed by atoms with Gasteiger partial charge < -0.3 is 4.74 Å². The molecule has 0 saturated heterocycles. The Morgan fingerprint density at radius 2 is 1.62 bits per heavy atom. The van der Waals surface area contributed by atoms with Gasteiger partial charge in [-0.15, -0.1) is 0 Å². The van der Waals surface area contributed by atoms with Crippen LogP contribution >= 0.6 is 0 Å². The van der Waals surface area contributed by atoms with Crippen LogP contribution in [0, 0.1) is 0 Å². The number of unbranched alkanes of at least 4 members (excludes halogenated alkanes) is 5. The smallest absolute Gasteiger partial charge is 0.160 e. The summed E-state index contributed by atoms with van der Waals surface area (Å²) in [7, 11) is 3.74. The van der Waals surface area contributed by atoms with Crippen molar-refractivity contribution in [1.82, 2.24) is 9.78 Å². The highest BCUT2D eigenvalue weighted by Gasteiger charge is 2.31. The molecule has 0 bridgehead atoms. The van der Waals surface area contributed by atoms with Crippen molar-refractivity contribution in [2.24, 2.45) is 7.05 Å². The van der Waals surface area contributed by atoms with E-state index >= 15 is 0 Å². The molecule has 0 N–H and O–H groups in total. The number of methoxy groups -OCH3 is 1. The maximum Gasteiger partial charge on any atom is 0.160 e. The fraction of sp³-hybridized carbons (Fsp3) is 0.833. The number of aromatic nitrogens is 2. The summed E-state index contributed by atoms with van der Waals surface area (Å²) in [6.07, 6.45) is 13.5. The lowest BCUT2D eigenvalue weighted by Gasteiger charge is -2.29. The van der Waals surface area contributed by atoms with Crippen molar-refractivity contribution in [3.05, 3.63) is 11.9 Å². The normalized spacial score (nSPS) is 14.1. The van der Waals surface area contributed by atoms with Crippen molar-refractivity contribution >= 4 is 0 Å². The van der Waals surface area contributed by atoms with E-state index in [4.69, 9.17) is 9.84 Å². The summed E-state index contributed by atoms with van der Waals surface area (Å²) in [5, 5.41) is 4.72. The molecular weight excluding hydrogens is 260 g/mol. The number of hydrogen-bond acceptors (Lipinski definition) is 2. The van der Waals surface area contributed by atoms with E-state index in [1.165, 1.54) is 57.8 Å². The topological polar surface area (TPSA) is 27.1 Å². The Bertz CT molecular complexity index is 400. The highest BCUT2D eigenvalue weighted by atomic mass is 16.5. The molecule has 0 radical (unpaired) electrons. The molecule has 0 saturated carbocycles. The van der Waals surface area contributed by atoms with E-state index < -0.39 is 0 Å². The van der Waals surface area contributed by atoms with Crippen molar-refractivity contribution < 1.29 is 4.74 Å². The summed E-state index contributed by atoms with van der Waals surface area (Å²) in [4.78, 5) is 0. The Labute approximate surface area is 131 Å². The minimum Gasteiger partial charge on any atom is -0.493 e. The predicted molar refractivity (Wildman–Crippen MR) is 90.0 cm³/mol. The minimum atomic E-state index is 0.148. The first kappa shape index (κ1) is 18.1. The van der Waals surface area contributed by atoms with Crippen LogP contribution in [-0.4, -0.2) is 16.9 Å². The van der Waals surface area contributed by atoms with Gasteiger partial charge in [0.1, 0.15) is 5.69 Å². The molecule has 21 heavy (non-hydrogen) atoms. The summed E-state index contributed by atoms with van der Waals surface area (Å²) in [5.74, 6) is 0.951. The second-order valence-electron chi connectivity index (χ2n) is 6.55. The third kappa shape index (κ3) is 5.37. The zero-order valence-electron chi connectivity index (χ0n) is 14.7. The number of hydrogen-bond donors (Lipinski definition) is 0. The Kier molecular flexibility index (Phi) is 7.84. The first-order valence-electron chi connectivity index (χ1n) is 8.65. The van der Waals surface area contributed by atoms with Crippen LogP contribution in [0.2, 0.25) is 0 Å². The molecule has 1 atom stereocenters. The highest BCUT2D eigenvalue weighted by Crippen LogP contribution is 2.39. The Balaban J connectivity index is 2.82. The third-order valence-electron chi connectivity index (χ3n) is 4.50. The molecule has 3 heteroatoms. The summed E-state index contributed by atoms with van der Waals surface area (Å²) in [6, 6.07) is 0. The molecule has 3 nitrogen and oxygen atoms in total. The molecule has 0 spiro atoms. The molecule has 1 aromatic rings. The second-order valence-corrected chi connectivity index (χ2v) is 6.55. The van der Waals surface area contributed by atoms with E-state index in [1.807, 2.05) is 17.9 Å². The number of aryl methyl sites for hydroxylation is 1. The Morgan fingerprint density at radius 1 is 1.05 bits per heavy atom. The van der Waals surface area contributed by atoms with Gasteiger partial charge in [0.05, 0.1) is 13.3 Å². The van der Waals surface area contributed by atoms with Crippen LogP contribution in [0.15, 0.2) is 6.20 Å². The predicted octanol–water partition coefficient (Wildman–Crippen LogP) is 5.24. The number of rotatable bonds is 11. The average Bonchev–Trinajstić information content (AvgIpc) is 2.86. The molecule has 0 aromatic carbocycles. The molecule has 0 aliphatic carbocycles. The quantitative estimate of drug-likeness (QED) is 0.522. The molecule has 1 unspecified atom stereocenters. The van der Waals surface area contributed by atoms with Crippen LogP contribution in [0.3, 0.4) is 0 Å². The van der Waals surface area contributed by atoms with Gasteiger partial charge in [0.25, 0.3) is 0 Å². The van der Waals surface area contributed by atoms with Crippen molar-refractivity contribution in [3.8, 4) is 5.75 Å². The van der Waals surface area contributed by atoms with Crippen molar-refractivity contribution in [3.63, 3.8) is 0 Å². The van der Waals surface area contributed by atoms with E-state index in [0.717, 1.165) is 11.4 Å². The van der Waals surface area contributed by atoms with Gasteiger partial charge >= 0.3 is 0 Å². The molecule has 1 rings (SSSR count). The van der Waals surface area contributed by atoms with E-state index in [-0.39, 0.29) is 5.41 Å². The minimum absolute atomic E-state index is 0.148. The monoisotopic (exact) mass is 294 g/mol. The SMILES string of the molecule is CCCCCCC(C)(CCCCC)c1nn(C)cc1OC. The van der Waals surface area contributed by atoms with E-state index in [0.29, 0.717) is 0 Å². The van der Waals surface area contributed by atoms with E-state index in [9.17, 15) is 0 Å². The van der Waals surface area contributed by atoms with Crippen molar-refractivity contribution in [2.45, 2.75) is 84.0 Å². The van der Waals surface area contributed by atoms with Gasteiger partial charge in [-0.2, -0.15) is 5.10 Å². The van der Waals surface area contributed by atoms with Gasteiger partial charge in [-0.1, -0.05) is 65.7 Å².